The summed E-state index contributed by atoms with van der Waals surface area (Å²) < 4.78 is 12.3. The number of ether oxygens (including phenoxy) is 2. The fraction of sp³-hybridized carbons (Fsp3) is 0.576. The van der Waals surface area contributed by atoms with E-state index in [9.17, 15) is 24.3 Å². The van der Waals surface area contributed by atoms with Crippen molar-refractivity contribution in [3.05, 3.63) is 61.2 Å². The second-order valence-electron chi connectivity index (χ2n) is 11.7. The molecule has 0 aliphatic carbocycles. The lowest BCUT2D eigenvalue weighted by atomic mass is 9.70. The molecule has 1 aromatic rings. The average molecular weight is 596 g/mol. The summed E-state index contributed by atoms with van der Waals surface area (Å²) in [5, 5.41) is 13.4. The van der Waals surface area contributed by atoms with E-state index in [1.165, 1.54) is 4.90 Å². The van der Waals surface area contributed by atoms with Gasteiger partial charge in [-0.05, 0) is 38.2 Å². The predicted octanol–water partition coefficient (Wildman–Crippen LogP) is 2.92. The number of hydrogen-bond acceptors (Lipinski definition) is 7. The number of unbranched alkanes of at least 4 members (excludes halogenated alkanes) is 1. The maximum Gasteiger partial charge on any atom is 0.312 e. The van der Waals surface area contributed by atoms with Gasteiger partial charge in [0.1, 0.15) is 17.7 Å². The van der Waals surface area contributed by atoms with E-state index >= 15 is 0 Å². The molecular formula is C33H45N3O7. The maximum absolute atomic E-state index is 14.4. The number of hydrogen-bond donors (Lipinski definition) is 2. The number of allylic oxidation sites excluding steroid dienone is 1. The van der Waals surface area contributed by atoms with Crippen molar-refractivity contribution in [3.8, 4) is 0 Å². The van der Waals surface area contributed by atoms with Gasteiger partial charge in [0, 0.05) is 19.5 Å². The van der Waals surface area contributed by atoms with Gasteiger partial charge in [-0.25, -0.2) is 0 Å². The summed E-state index contributed by atoms with van der Waals surface area (Å²) in [4.78, 5) is 57.7. The first-order valence-electron chi connectivity index (χ1n) is 15.4. The van der Waals surface area contributed by atoms with Crippen LogP contribution in [0.1, 0.15) is 64.0 Å². The molecule has 3 saturated heterocycles. The third-order valence-electron chi connectivity index (χ3n) is 8.86. The van der Waals surface area contributed by atoms with Crippen LogP contribution in [0.25, 0.3) is 0 Å². The summed E-state index contributed by atoms with van der Waals surface area (Å²) in [5.41, 5.74) is -0.538. The Bertz CT molecular complexity index is 1190. The molecule has 2 N–H and O–H groups in total. The van der Waals surface area contributed by atoms with E-state index in [-0.39, 0.29) is 18.4 Å². The minimum absolute atomic E-state index is 0.130. The molecule has 43 heavy (non-hydrogen) atoms. The Morgan fingerprint density at radius 3 is 2.65 bits per heavy atom. The van der Waals surface area contributed by atoms with Gasteiger partial charge in [0.25, 0.3) is 0 Å². The molecular weight excluding hydrogens is 550 g/mol. The Morgan fingerprint density at radius 1 is 1.26 bits per heavy atom. The lowest BCUT2D eigenvalue weighted by Gasteiger charge is -2.39. The molecule has 10 heteroatoms. The van der Waals surface area contributed by atoms with Crippen molar-refractivity contribution >= 4 is 23.7 Å². The number of nitrogens with zero attached hydrogens (tertiary/aromatic N) is 2. The summed E-state index contributed by atoms with van der Waals surface area (Å²) in [7, 11) is 0. The number of carbonyl (C=O) groups is 4. The van der Waals surface area contributed by atoms with Crippen LogP contribution in [0.2, 0.25) is 0 Å². The van der Waals surface area contributed by atoms with Gasteiger partial charge >= 0.3 is 5.97 Å². The first-order chi connectivity index (χ1) is 20.7. The molecule has 3 aliphatic heterocycles. The van der Waals surface area contributed by atoms with E-state index in [4.69, 9.17) is 9.47 Å². The third-order valence-corrected chi connectivity index (χ3v) is 8.86. The Morgan fingerprint density at radius 2 is 2.00 bits per heavy atom. The standard InChI is InChI=1S/C33H45N3O7/c1-5-8-15-26(38)34-20-22(4)42-32(41)27-25-16-17-33(43-25)28(27)30(39)36(24(21-37)23-13-11-10-12-14-23)29(33)31(40)35(18-7-3)19-9-6-2/h5,7,10-14,22,24-25,27-29,37H,1,3,6,8-9,15-21H2,2,4H3,(H,34,38)/t22-,24-,25-,27+,28+,29-,33+/m1/s1. The SMILES string of the molecule is C=CCCC(=O)NC[C@@H](C)OC(=O)[C@@H]1[C@H]2C(=O)N([C@H](CO)c3ccccc3)[C@H](C(=O)N(CC=C)CCCC)[C@]23CC[C@H]1O3. The van der Waals surface area contributed by atoms with Gasteiger partial charge in [-0.15, -0.1) is 13.2 Å². The Labute approximate surface area is 254 Å². The minimum atomic E-state index is -1.22. The van der Waals surface area contributed by atoms with Gasteiger partial charge in [0.2, 0.25) is 17.7 Å². The summed E-state index contributed by atoms with van der Waals surface area (Å²) in [5.74, 6) is -3.26. The maximum atomic E-state index is 14.4. The van der Waals surface area contributed by atoms with Gasteiger partial charge in [-0.3, -0.25) is 19.2 Å². The van der Waals surface area contributed by atoms with Crippen LogP contribution in [0.15, 0.2) is 55.6 Å². The van der Waals surface area contributed by atoms with Crippen molar-refractivity contribution in [2.75, 3.05) is 26.2 Å². The van der Waals surface area contributed by atoms with E-state index in [0.29, 0.717) is 44.3 Å². The second kappa shape index (κ2) is 14.3. The van der Waals surface area contributed by atoms with Crippen LogP contribution in [-0.4, -0.2) is 88.7 Å². The molecule has 0 aromatic heterocycles. The zero-order valence-electron chi connectivity index (χ0n) is 25.3. The number of benzene rings is 1. The van der Waals surface area contributed by atoms with Gasteiger partial charge < -0.3 is 29.7 Å². The molecule has 3 fully saturated rings. The fourth-order valence-corrected chi connectivity index (χ4v) is 6.87. The highest BCUT2D eigenvalue weighted by atomic mass is 16.6. The third kappa shape index (κ3) is 6.40. The molecule has 2 bridgehead atoms. The number of aliphatic hydroxyl groups is 1. The van der Waals surface area contributed by atoms with Crippen molar-refractivity contribution in [3.63, 3.8) is 0 Å². The molecule has 1 aromatic carbocycles. The van der Waals surface area contributed by atoms with Crippen LogP contribution >= 0.6 is 0 Å². The highest BCUT2D eigenvalue weighted by Gasteiger charge is 2.75. The quantitative estimate of drug-likeness (QED) is 0.222. The molecule has 4 rings (SSSR count). The van der Waals surface area contributed by atoms with Crippen molar-refractivity contribution in [1.29, 1.82) is 0 Å². The van der Waals surface area contributed by atoms with Gasteiger partial charge in [-0.2, -0.15) is 0 Å². The normalized spacial score (nSPS) is 26.9. The van der Waals surface area contributed by atoms with Crippen molar-refractivity contribution < 1.29 is 33.8 Å². The molecule has 7 atom stereocenters. The van der Waals surface area contributed by atoms with Crippen molar-refractivity contribution in [2.45, 2.75) is 82.3 Å². The summed E-state index contributed by atoms with van der Waals surface area (Å²) >= 11 is 0. The Hall–Kier alpha value is -3.50. The van der Waals surface area contributed by atoms with Crippen LogP contribution in [0, 0.1) is 11.8 Å². The number of fused-ring (bicyclic) bond motifs is 1. The summed E-state index contributed by atoms with van der Waals surface area (Å²) in [6, 6.07) is 7.28. The number of carbonyl (C=O) groups excluding carboxylic acids is 4. The highest BCUT2D eigenvalue weighted by molar-refractivity contribution is 5.98. The molecule has 0 unspecified atom stereocenters. The summed E-state index contributed by atoms with van der Waals surface area (Å²) in [6.07, 6.45) is 5.55. The molecule has 3 amide bonds. The molecule has 0 saturated carbocycles. The van der Waals surface area contributed by atoms with Crippen LogP contribution in [0.3, 0.4) is 0 Å². The lowest BCUT2D eigenvalue weighted by Crippen LogP contribution is -2.57. The van der Waals surface area contributed by atoms with Gasteiger partial charge in [0.15, 0.2) is 0 Å². The summed E-state index contributed by atoms with van der Waals surface area (Å²) in [6.45, 7) is 11.7. The number of likely N-dealkylation sites (tertiary alicyclic amines) is 1. The predicted molar refractivity (Wildman–Crippen MR) is 160 cm³/mol. The van der Waals surface area contributed by atoms with Gasteiger partial charge in [-0.1, -0.05) is 55.8 Å². The number of nitrogens with one attached hydrogen (secondary N) is 1. The largest absolute Gasteiger partial charge is 0.460 e. The second-order valence-corrected chi connectivity index (χ2v) is 11.7. The van der Waals surface area contributed by atoms with Gasteiger partial charge in [0.05, 0.1) is 37.1 Å². The molecule has 0 radical (unpaired) electrons. The molecule has 234 valence electrons. The monoisotopic (exact) mass is 595 g/mol. The van der Waals surface area contributed by atoms with E-state index in [1.807, 2.05) is 37.3 Å². The topological polar surface area (TPSA) is 125 Å². The number of amides is 3. The van der Waals surface area contributed by atoms with Crippen LogP contribution in [-0.2, 0) is 28.7 Å². The van der Waals surface area contributed by atoms with Crippen LogP contribution in [0.5, 0.6) is 0 Å². The Balaban J connectivity index is 1.65. The van der Waals surface area contributed by atoms with E-state index in [0.717, 1.165) is 12.8 Å². The minimum Gasteiger partial charge on any atom is -0.460 e. The van der Waals surface area contributed by atoms with Crippen molar-refractivity contribution in [1.82, 2.24) is 15.1 Å². The molecule has 3 heterocycles. The molecule has 10 nitrogen and oxygen atoms in total. The number of esters is 1. The first kappa shape index (κ1) is 32.4. The lowest BCUT2D eigenvalue weighted by molar-refractivity contribution is -0.160. The first-order valence-corrected chi connectivity index (χ1v) is 15.4. The smallest absolute Gasteiger partial charge is 0.312 e. The van der Waals surface area contributed by atoms with E-state index < -0.39 is 60.2 Å². The van der Waals surface area contributed by atoms with Crippen molar-refractivity contribution in [2.24, 2.45) is 11.8 Å². The fourth-order valence-electron chi connectivity index (χ4n) is 6.87. The number of rotatable bonds is 16. The Kier molecular flexibility index (Phi) is 10.8. The number of aliphatic hydroxyl groups excluding tert-OH is 1. The van der Waals surface area contributed by atoms with Crippen LogP contribution < -0.4 is 5.32 Å². The molecule has 1 spiro atoms. The highest BCUT2D eigenvalue weighted by Crippen LogP contribution is 2.60. The average Bonchev–Trinajstić information content (AvgIpc) is 3.65. The zero-order chi connectivity index (χ0) is 31.1. The van der Waals surface area contributed by atoms with E-state index in [1.54, 1.807) is 24.0 Å². The molecule has 3 aliphatic rings. The van der Waals surface area contributed by atoms with E-state index in [2.05, 4.69) is 18.5 Å². The zero-order valence-corrected chi connectivity index (χ0v) is 25.3. The van der Waals surface area contributed by atoms with Crippen LogP contribution in [0.4, 0.5) is 0 Å².